The maximum Gasteiger partial charge on any atom is 0.305 e. The van der Waals surface area contributed by atoms with Gasteiger partial charge in [0.1, 0.15) is 17.6 Å². The van der Waals surface area contributed by atoms with E-state index in [0.717, 1.165) is 6.08 Å². The third-order valence-electron chi connectivity index (χ3n) is 1.77. The average molecular weight is 264 g/mol. The fourth-order valence-electron chi connectivity index (χ4n) is 0.883. The predicted octanol–water partition coefficient (Wildman–Crippen LogP) is 0.325. The molecule has 0 aromatic carbocycles. The normalized spacial score (nSPS) is 12.6. The minimum Gasteiger partial charge on any atom is -0.481 e. The van der Waals surface area contributed by atoms with E-state index in [9.17, 15) is 14.4 Å². The quantitative estimate of drug-likeness (QED) is 0.372. The summed E-state index contributed by atoms with van der Waals surface area (Å²) in [6, 6.07) is -1.05. The van der Waals surface area contributed by atoms with E-state index in [2.05, 4.69) is 5.48 Å². The monoisotopic (exact) mass is 263 g/mol. The number of nitrogens with one attached hydrogen (secondary N) is 1. The van der Waals surface area contributed by atoms with E-state index >= 15 is 0 Å². The Morgan fingerprint density at radius 1 is 1.59 bits per heavy atom. The van der Waals surface area contributed by atoms with E-state index < -0.39 is 29.8 Å². The highest BCUT2D eigenvalue weighted by atomic mass is 35.5. The van der Waals surface area contributed by atoms with Gasteiger partial charge in [-0.3, -0.25) is 14.4 Å². The minimum absolute atomic E-state index is 0.321. The highest BCUT2D eigenvalue weighted by Crippen LogP contribution is 2.08. The van der Waals surface area contributed by atoms with Gasteiger partial charge in [0.2, 0.25) is 0 Å². The van der Waals surface area contributed by atoms with Crippen molar-refractivity contribution < 1.29 is 24.3 Å². The number of hydroxylamine groups is 1. The predicted molar refractivity (Wildman–Crippen MR) is 60.3 cm³/mol. The standard InChI is InChI=1S/C10H14ClNO5/c1-10(2,3-4-13)17-12-7(5-9(15)16)8(14)6-11/h3,7,12H,5-6H2,1-2H3,(H,15,16)/t7-/m0/s1. The number of hydrogen-bond donors (Lipinski definition) is 2. The number of halogens is 1. The molecule has 96 valence electrons. The first-order valence-electron chi connectivity index (χ1n) is 4.78. The molecule has 0 saturated heterocycles. The third-order valence-corrected chi connectivity index (χ3v) is 2.03. The summed E-state index contributed by atoms with van der Waals surface area (Å²) in [5, 5.41) is 8.60. The first-order chi connectivity index (χ1) is 7.82. The van der Waals surface area contributed by atoms with E-state index in [4.69, 9.17) is 21.5 Å². The van der Waals surface area contributed by atoms with Crippen molar-refractivity contribution in [2.45, 2.75) is 31.9 Å². The van der Waals surface area contributed by atoms with Gasteiger partial charge in [-0.2, -0.15) is 5.48 Å². The van der Waals surface area contributed by atoms with Crippen LogP contribution < -0.4 is 5.48 Å². The second-order valence-electron chi connectivity index (χ2n) is 3.84. The van der Waals surface area contributed by atoms with Gasteiger partial charge < -0.3 is 5.11 Å². The lowest BCUT2D eigenvalue weighted by molar-refractivity contribution is -0.144. The van der Waals surface area contributed by atoms with E-state index in [1.807, 2.05) is 0 Å². The number of alkyl halides is 1. The lowest BCUT2D eigenvalue weighted by Crippen LogP contribution is -2.43. The Labute approximate surface area is 104 Å². The van der Waals surface area contributed by atoms with Gasteiger partial charge in [-0.1, -0.05) is 0 Å². The summed E-state index contributed by atoms with van der Waals surface area (Å²) in [6.07, 6.45) is 0.648. The molecule has 0 radical (unpaired) electrons. The third kappa shape index (κ3) is 6.86. The molecular formula is C10H14ClNO5. The van der Waals surface area contributed by atoms with E-state index in [0.29, 0.717) is 0 Å². The summed E-state index contributed by atoms with van der Waals surface area (Å²) in [4.78, 5) is 37.0. The van der Waals surface area contributed by atoms with E-state index in [1.54, 1.807) is 19.8 Å². The van der Waals surface area contributed by atoms with Gasteiger partial charge in [0, 0.05) is 6.08 Å². The number of ketones is 1. The highest BCUT2D eigenvalue weighted by molar-refractivity contribution is 6.28. The molecule has 17 heavy (non-hydrogen) atoms. The van der Waals surface area contributed by atoms with Crippen LogP contribution in [0, 0.1) is 0 Å². The minimum atomic E-state index is -1.16. The van der Waals surface area contributed by atoms with Gasteiger partial charge >= 0.3 is 5.97 Å². The molecule has 6 nitrogen and oxygen atoms in total. The number of aliphatic carboxylic acids is 1. The highest BCUT2D eigenvalue weighted by Gasteiger charge is 2.24. The summed E-state index contributed by atoms with van der Waals surface area (Å²) in [6.45, 7) is 3.10. The van der Waals surface area contributed by atoms with E-state index in [-0.39, 0.29) is 5.88 Å². The molecular weight excluding hydrogens is 250 g/mol. The smallest absolute Gasteiger partial charge is 0.305 e. The van der Waals surface area contributed by atoms with Gasteiger partial charge in [0.05, 0.1) is 12.3 Å². The van der Waals surface area contributed by atoms with Gasteiger partial charge in [-0.25, -0.2) is 4.79 Å². The Balaban J connectivity index is 4.49. The molecule has 0 aliphatic heterocycles. The average Bonchev–Trinajstić information content (AvgIpc) is 2.22. The van der Waals surface area contributed by atoms with E-state index in [1.165, 1.54) is 0 Å². The molecule has 0 aromatic heterocycles. The van der Waals surface area contributed by atoms with Crippen LogP contribution in [0.15, 0.2) is 6.08 Å². The maximum absolute atomic E-state index is 11.3. The number of hydrogen-bond acceptors (Lipinski definition) is 5. The second kappa shape index (κ2) is 7.19. The molecule has 7 heteroatoms. The molecule has 0 rings (SSSR count). The summed E-state index contributed by atoms with van der Waals surface area (Å²) < 4.78 is 0. The van der Waals surface area contributed by atoms with Gasteiger partial charge in [0.25, 0.3) is 0 Å². The Kier molecular flexibility index (Phi) is 6.68. The number of Topliss-reactive ketones (excluding diaryl/α,β-unsaturated/α-hetero) is 1. The van der Waals surface area contributed by atoms with Crippen molar-refractivity contribution in [3.63, 3.8) is 0 Å². The maximum atomic E-state index is 11.3. The molecule has 0 amide bonds. The number of carboxylic acids is 1. The SMILES string of the molecule is CC(C)(C=C=O)ON[C@@H](CC(=O)O)C(=O)CCl. The van der Waals surface area contributed by atoms with Crippen LogP contribution in [0.3, 0.4) is 0 Å². The van der Waals surface area contributed by atoms with Crippen LogP contribution in [0.1, 0.15) is 20.3 Å². The van der Waals surface area contributed by atoms with Crippen LogP contribution in [-0.4, -0.2) is 40.3 Å². The lowest BCUT2D eigenvalue weighted by Gasteiger charge is -2.23. The number of carboxylic acid groups (broad SMARTS) is 1. The van der Waals surface area contributed by atoms with Crippen LogP contribution in [0.25, 0.3) is 0 Å². The van der Waals surface area contributed by atoms with Crippen LogP contribution in [-0.2, 0) is 19.2 Å². The topological polar surface area (TPSA) is 92.7 Å². The van der Waals surface area contributed by atoms with Crippen molar-refractivity contribution in [3.05, 3.63) is 6.08 Å². The summed E-state index contributed by atoms with van der Waals surface area (Å²) in [7, 11) is 0. The molecule has 0 spiro atoms. The van der Waals surface area contributed by atoms with Crippen molar-refractivity contribution in [1.29, 1.82) is 0 Å². The Hall–Kier alpha value is -1.20. The van der Waals surface area contributed by atoms with Crippen LogP contribution >= 0.6 is 11.6 Å². The van der Waals surface area contributed by atoms with Crippen molar-refractivity contribution in [3.8, 4) is 0 Å². The first kappa shape index (κ1) is 15.8. The fraction of sp³-hybridized carbons (Fsp3) is 0.600. The first-order valence-corrected chi connectivity index (χ1v) is 5.32. The summed E-state index contributed by atoms with van der Waals surface area (Å²) in [5.74, 6) is -0.432. The molecule has 0 aromatic rings. The molecule has 0 unspecified atom stereocenters. The lowest BCUT2D eigenvalue weighted by atomic mass is 10.1. The summed E-state index contributed by atoms with van der Waals surface area (Å²) in [5.41, 5.74) is 1.31. The Bertz CT molecular complexity index is 336. The molecule has 0 fully saturated rings. The molecule has 2 N–H and O–H groups in total. The fourth-order valence-corrected chi connectivity index (χ4v) is 1.07. The van der Waals surface area contributed by atoms with Crippen molar-refractivity contribution >= 4 is 29.3 Å². The molecule has 1 atom stereocenters. The molecule has 0 aliphatic carbocycles. The largest absolute Gasteiger partial charge is 0.481 e. The molecule has 0 bridgehead atoms. The molecule has 0 aliphatic rings. The zero-order valence-corrected chi connectivity index (χ0v) is 10.3. The van der Waals surface area contributed by atoms with Crippen molar-refractivity contribution in [1.82, 2.24) is 5.48 Å². The molecule has 0 saturated carbocycles. The van der Waals surface area contributed by atoms with Crippen LogP contribution in [0.2, 0.25) is 0 Å². The summed E-state index contributed by atoms with van der Waals surface area (Å²) >= 11 is 5.33. The second-order valence-corrected chi connectivity index (χ2v) is 4.10. The zero-order valence-electron chi connectivity index (χ0n) is 9.53. The number of carbonyl (C=O) groups is 2. The number of rotatable bonds is 8. The Morgan fingerprint density at radius 3 is 2.59 bits per heavy atom. The van der Waals surface area contributed by atoms with Gasteiger partial charge in [-0.15, -0.1) is 11.6 Å². The van der Waals surface area contributed by atoms with Crippen LogP contribution in [0.5, 0.6) is 0 Å². The van der Waals surface area contributed by atoms with Crippen molar-refractivity contribution in [2.24, 2.45) is 0 Å². The van der Waals surface area contributed by atoms with Crippen LogP contribution in [0.4, 0.5) is 0 Å². The van der Waals surface area contributed by atoms with Gasteiger partial charge in [0.15, 0.2) is 5.78 Å². The molecule has 0 heterocycles. The number of carbonyl (C=O) groups excluding carboxylic acids is 2. The van der Waals surface area contributed by atoms with Crippen molar-refractivity contribution in [2.75, 3.05) is 5.88 Å². The zero-order chi connectivity index (χ0) is 13.5. The Morgan fingerprint density at radius 2 is 2.18 bits per heavy atom. The van der Waals surface area contributed by atoms with Gasteiger partial charge in [-0.05, 0) is 13.8 Å².